The number of hydrogen-bond donors (Lipinski definition) is 3. The van der Waals surface area contributed by atoms with E-state index in [9.17, 15) is 0 Å². The van der Waals surface area contributed by atoms with Crippen molar-refractivity contribution in [1.82, 2.24) is 9.97 Å². The maximum Gasteiger partial charge on any atom is 0.145 e. The van der Waals surface area contributed by atoms with E-state index in [1.54, 1.807) is 0 Å². The van der Waals surface area contributed by atoms with Gasteiger partial charge < -0.3 is 15.4 Å². The lowest BCUT2D eigenvalue weighted by Crippen LogP contribution is -2.35. The van der Waals surface area contributed by atoms with Crippen LogP contribution in [0.3, 0.4) is 0 Å². The Morgan fingerprint density at radius 3 is 2.81 bits per heavy atom. The number of nitrogens with zero attached hydrogens (tertiary/aromatic N) is 3. The number of piperidine rings is 1. The van der Waals surface area contributed by atoms with E-state index < -0.39 is 0 Å². The number of nitrogens with one attached hydrogen (secondary N) is 1. The Morgan fingerprint density at radius 2 is 2.19 bits per heavy atom. The van der Waals surface area contributed by atoms with Gasteiger partial charge in [0.1, 0.15) is 18.0 Å². The van der Waals surface area contributed by atoms with E-state index >= 15 is 0 Å². The summed E-state index contributed by atoms with van der Waals surface area (Å²) >= 11 is 0. The van der Waals surface area contributed by atoms with Crippen LogP contribution in [0.4, 0.5) is 11.6 Å². The first-order chi connectivity index (χ1) is 7.83. The summed E-state index contributed by atoms with van der Waals surface area (Å²) in [4.78, 5) is 10.4. The van der Waals surface area contributed by atoms with Crippen molar-refractivity contribution in [3.05, 3.63) is 12.4 Å². The van der Waals surface area contributed by atoms with Gasteiger partial charge in [0.25, 0.3) is 0 Å². The lowest BCUT2D eigenvalue weighted by Gasteiger charge is -2.31. The molecule has 0 amide bonds. The summed E-state index contributed by atoms with van der Waals surface area (Å²) in [6, 6.07) is 1.83. The third-order valence-corrected chi connectivity index (χ3v) is 3.00. The highest BCUT2D eigenvalue weighted by Crippen LogP contribution is 2.22. The van der Waals surface area contributed by atoms with Crippen molar-refractivity contribution in [2.75, 3.05) is 30.0 Å². The van der Waals surface area contributed by atoms with Gasteiger partial charge >= 0.3 is 0 Å². The molecule has 0 bridgehead atoms. The van der Waals surface area contributed by atoms with Crippen LogP contribution in [-0.4, -0.2) is 34.8 Å². The molecule has 0 aromatic carbocycles. The lowest BCUT2D eigenvalue weighted by atomic mass is 9.98. The van der Waals surface area contributed by atoms with Crippen molar-refractivity contribution in [3.8, 4) is 0 Å². The largest absolute Gasteiger partial charge is 0.396 e. The summed E-state index contributed by atoms with van der Waals surface area (Å²) in [5.74, 6) is 7.24. The lowest BCUT2D eigenvalue weighted by molar-refractivity contribution is 0.203. The molecule has 0 saturated carbocycles. The summed E-state index contributed by atoms with van der Waals surface area (Å²) in [5.41, 5.74) is 2.51. The van der Waals surface area contributed by atoms with Gasteiger partial charge in [0.2, 0.25) is 0 Å². The van der Waals surface area contributed by atoms with Crippen molar-refractivity contribution in [3.63, 3.8) is 0 Å². The maximum atomic E-state index is 9.06. The third kappa shape index (κ3) is 2.40. The summed E-state index contributed by atoms with van der Waals surface area (Å²) in [6.07, 6.45) is 3.51. The summed E-state index contributed by atoms with van der Waals surface area (Å²) in [5, 5.41) is 9.06. The smallest absolute Gasteiger partial charge is 0.145 e. The molecule has 2 heterocycles. The van der Waals surface area contributed by atoms with Crippen LogP contribution in [0.5, 0.6) is 0 Å². The second-order valence-corrected chi connectivity index (χ2v) is 4.02. The first-order valence-electron chi connectivity index (χ1n) is 5.48. The fourth-order valence-electron chi connectivity index (χ4n) is 1.94. The molecule has 6 nitrogen and oxygen atoms in total. The Hall–Kier alpha value is -1.40. The zero-order chi connectivity index (χ0) is 11.4. The van der Waals surface area contributed by atoms with Crippen LogP contribution in [0.15, 0.2) is 12.4 Å². The average Bonchev–Trinajstić information content (AvgIpc) is 2.39. The van der Waals surface area contributed by atoms with E-state index in [0.29, 0.717) is 11.7 Å². The molecule has 0 unspecified atom stereocenters. The van der Waals surface area contributed by atoms with Gasteiger partial charge in [-0.3, -0.25) is 0 Å². The average molecular weight is 223 g/mol. The molecule has 1 saturated heterocycles. The van der Waals surface area contributed by atoms with E-state index in [1.807, 2.05) is 6.07 Å². The third-order valence-electron chi connectivity index (χ3n) is 3.00. The molecule has 0 spiro atoms. The SMILES string of the molecule is NNc1cc(N2CCC(CO)CC2)ncn1. The quantitative estimate of drug-likeness (QED) is 0.493. The normalized spacial score (nSPS) is 17.5. The van der Waals surface area contributed by atoms with Crippen molar-refractivity contribution >= 4 is 11.6 Å². The monoisotopic (exact) mass is 223 g/mol. The topological polar surface area (TPSA) is 87.3 Å². The van der Waals surface area contributed by atoms with E-state index in [4.69, 9.17) is 10.9 Å². The van der Waals surface area contributed by atoms with Crippen molar-refractivity contribution in [1.29, 1.82) is 0 Å². The van der Waals surface area contributed by atoms with Crippen LogP contribution >= 0.6 is 0 Å². The van der Waals surface area contributed by atoms with Gasteiger partial charge in [-0.25, -0.2) is 15.8 Å². The Morgan fingerprint density at radius 1 is 1.44 bits per heavy atom. The van der Waals surface area contributed by atoms with Gasteiger partial charge in [-0.05, 0) is 18.8 Å². The Balaban J connectivity index is 2.02. The van der Waals surface area contributed by atoms with Gasteiger partial charge in [0, 0.05) is 25.8 Å². The molecule has 4 N–H and O–H groups in total. The number of aliphatic hydroxyl groups excluding tert-OH is 1. The number of anilines is 2. The molecule has 1 aromatic rings. The molecule has 1 aliphatic rings. The molecule has 0 aliphatic carbocycles. The van der Waals surface area contributed by atoms with Crippen LogP contribution < -0.4 is 16.2 Å². The highest BCUT2D eigenvalue weighted by molar-refractivity contribution is 5.47. The molecule has 2 rings (SSSR count). The van der Waals surface area contributed by atoms with Gasteiger partial charge in [0.15, 0.2) is 0 Å². The molecule has 88 valence electrons. The number of aliphatic hydroxyl groups is 1. The van der Waals surface area contributed by atoms with Crippen LogP contribution in [0.25, 0.3) is 0 Å². The van der Waals surface area contributed by atoms with Crippen molar-refractivity contribution < 1.29 is 5.11 Å². The minimum atomic E-state index is 0.285. The van der Waals surface area contributed by atoms with E-state index in [0.717, 1.165) is 31.7 Å². The number of nitrogens with two attached hydrogens (primary N) is 1. The fraction of sp³-hybridized carbons (Fsp3) is 0.600. The zero-order valence-electron chi connectivity index (χ0n) is 9.13. The minimum absolute atomic E-state index is 0.285. The number of aromatic nitrogens is 2. The fourth-order valence-corrected chi connectivity index (χ4v) is 1.94. The van der Waals surface area contributed by atoms with Crippen LogP contribution in [-0.2, 0) is 0 Å². The van der Waals surface area contributed by atoms with Gasteiger partial charge in [-0.2, -0.15) is 0 Å². The highest BCUT2D eigenvalue weighted by Gasteiger charge is 2.19. The molecule has 0 atom stereocenters. The zero-order valence-corrected chi connectivity index (χ0v) is 9.13. The molecule has 16 heavy (non-hydrogen) atoms. The van der Waals surface area contributed by atoms with Crippen molar-refractivity contribution in [2.45, 2.75) is 12.8 Å². The maximum absolute atomic E-state index is 9.06. The predicted molar refractivity (Wildman–Crippen MR) is 61.9 cm³/mol. The van der Waals surface area contributed by atoms with E-state index in [2.05, 4.69) is 20.3 Å². The van der Waals surface area contributed by atoms with Crippen molar-refractivity contribution in [2.24, 2.45) is 11.8 Å². The van der Waals surface area contributed by atoms with Crippen LogP contribution in [0.2, 0.25) is 0 Å². The number of hydrazine groups is 1. The first-order valence-corrected chi connectivity index (χ1v) is 5.48. The Bertz CT molecular complexity index is 338. The molecule has 1 aromatic heterocycles. The summed E-state index contributed by atoms with van der Waals surface area (Å²) < 4.78 is 0. The second kappa shape index (κ2) is 5.09. The number of rotatable bonds is 3. The first kappa shape index (κ1) is 11.1. The van der Waals surface area contributed by atoms with Crippen LogP contribution in [0.1, 0.15) is 12.8 Å². The number of hydrogen-bond acceptors (Lipinski definition) is 6. The van der Waals surface area contributed by atoms with E-state index in [-0.39, 0.29) is 6.61 Å². The predicted octanol–water partition coefficient (Wildman–Crippen LogP) is -0.0291. The van der Waals surface area contributed by atoms with Gasteiger partial charge in [-0.1, -0.05) is 0 Å². The Labute approximate surface area is 94.5 Å². The van der Waals surface area contributed by atoms with Gasteiger partial charge in [0.05, 0.1) is 0 Å². The summed E-state index contributed by atoms with van der Waals surface area (Å²) in [6.45, 7) is 2.13. The summed E-state index contributed by atoms with van der Waals surface area (Å²) in [7, 11) is 0. The standard InChI is InChI=1S/C10H17N5O/c11-14-9-5-10(13-7-12-9)15-3-1-8(6-16)2-4-15/h5,7-8,16H,1-4,6,11H2,(H,12,13,14). The second-order valence-electron chi connectivity index (χ2n) is 4.02. The molecular formula is C10H17N5O. The van der Waals surface area contributed by atoms with E-state index in [1.165, 1.54) is 6.33 Å². The minimum Gasteiger partial charge on any atom is -0.396 e. The molecule has 1 aliphatic heterocycles. The number of nitrogen functional groups attached to an aromatic ring is 1. The molecular weight excluding hydrogens is 206 g/mol. The van der Waals surface area contributed by atoms with Gasteiger partial charge in [-0.15, -0.1) is 0 Å². The van der Waals surface area contributed by atoms with Crippen LogP contribution in [0, 0.1) is 5.92 Å². The Kier molecular flexibility index (Phi) is 3.53. The molecule has 1 fully saturated rings. The highest BCUT2D eigenvalue weighted by atomic mass is 16.3. The molecule has 0 radical (unpaired) electrons. The molecule has 6 heteroatoms.